The predicted octanol–water partition coefficient (Wildman–Crippen LogP) is 3.84. The average molecular weight is 558 g/mol. The molecule has 0 aliphatic carbocycles. The molecule has 1 aromatic heterocycles. The Kier molecular flexibility index (Phi) is 11.8. The number of aryl methyl sites for hydroxylation is 1. The minimum Gasteiger partial charge on any atom is -0.376 e. The lowest BCUT2D eigenvalue weighted by atomic mass is 10.1. The molecule has 0 bridgehead atoms. The van der Waals surface area contributed by atoms with Crippen LogP contribution in [0.2, 0.25) is 0 Å². The van der Waals surface area contributed by atoms with Crippen LogP contribution in [0.25, 0.3) is 0 Å². The SMILES string of the molecule is CCNC(=NCc1cccc(CN2CCOC(C)C2)c1)NCCc1ncc(CC)s1.I. The van der Waals surface area contributed by atoms with Gasteiger partial charge in [-0.3, -0.25) is 4.90 Å². The molecule has 8 heteroatoms. The molecule has 2 N–H and O–H groups in total. The van der Waals surface area contributed by atoms with Gasteiger partial charge in [0, 0.05) is 50.2 Å². The molecule has 2 heterocycles. The molecule has 2 aromatic rings. The number of benzene rings is 1. The number of aliphatic imine (C=N–C) groups is 1. The molecule has 1 saturated heterocycles. The highest BCUT2D eigenvalue weighted by atomic mass is 127. The summed E-state index contributed by atoms with van der Waals surface area (Å²) in [5.41, 5.74) is 2.57. The molecule has 3 rings (SSSR count). The summed E-state index contributed by atoms with van der Waals surface area (Å²) < 4.78 is 5.65. The van der Waals surface area contributed by atoms with E-state index in [0.717, 1.165) is 58.1 Å². The Morgan fingerprint density at radius 3 is 2.87 bits per heavy atom. The normalized spacial score (nSPS) is 17.3. The molecule has 6 nitrogen and oxygen atoms in total. The van der Waals surface area contributed by atoms with Gasteiger partial charge in [0.15, 0.2) is 5.96 Å². The number of rotatable bonds is 9. The molecule has 0 saturated carbocycles. The molecule has 0 radical (unpaired) electrons. The van der Waals surface area contributed by atoms with Crippen LogP contribution in [0.3, 0.4) is 0 Å². The minimum absolute atomic E-state index is 0. The standard InChI is InChI=1S/C23H35N5OS.HI/c1-4-21-15-26-22(30-21)9-10-25-23(24-5-2)27-14-19-7-6-8-20(13-19)17-28-11-12-29-18(3)16-28;/h6-8,13,15,18H,4-5,9-12,14,16-17H2,1-3H3,(H2,24,25,27);1H. The van der Waals surface area contributed by atoms with Gasteiger partial charge in [0.2, 0.25) is 0 Å². The Morgan fingerprint density at radius 2 is 2.13 bits per heavy atom. The second-order valence-corrected chi connectivity index (χ2v) is 8.88. The number of morpholine rings is 1. The van der Waals surface area contributed by atoms with Gasteiger partial charge in [-0.15, -0.1) is 35.3 Å². The van der Waals surface area contributed by atoms with Crippen LogP contribution < -0.4 is 10.6 Å². The molecule has 172 valence electrons. The minimum atomic E-state index is 0. The van der Waals surface area contributed by atoms with Crippen molar-refractivity contribution >= 4 is 41.3 Å². The fourth-order valence-electron chi connectivity index (χ4n) is 3.55. The number of hydrogen-bond acceptors (Lipinski definition) is 5. The molecular formula is C23H36IN5OS. The van der Waals surface area contributed by atoms with Crippen molar-refractivity contribution in [2.45, 2.75) is 52.8 Å². The van der Waals surface area contributed by atoms with Crippen molar-refractivity contribution in [1.82, 2.24) is 20.5 Å². The number of ether oxygens (including phenoxy) is 1. The monoisotopic (exact) mass is 557 g/mol. The van der Waals surface area contributed by atoms with E-state index in [1.807, 2.05) is 6.20 Å². The van der Waals surface area contributed by atoms with Gasteiger partial charge in [-0.2, -0.15) is 0 Å². The highest BCUT2D eigenvalue weighted by Gasteiger charge is 2.16. The summed E-state index contributed by atoms with van der Waals surface area (Å²) in [5, 5.41) is 7.96. The van der Waals surface area contributed by atoms with Gasteiger partial charge >= 0.3 is 0 Å². The number of hydrogen-bond donors (Lipinski definition) is 2. The first-order chi connectivity index (χ1) is 14.7. The van der Waals surface area contributed by atoms with Crippen molar-refractivity contribution in [1.29, 1.82) is 0 Å². The van der Waals surface area contributed by atoms with Crippen molar-refractivity contribution in [3.05, 3.63) is 51.5 Å². The number of nitrogens with zero attached hydrogens (tertiary/aromatic N) is 3. The lowest BCUT2D eigenvalue weighted by Crippen LogP contribution is -2.40. The number of halogens is 1. The topological polar surface area (TPSA) is 61.8 Å². The molecule has 1 aliphatic rings. The molecule has 0 amide bonds. The largest absolute Gasteiger partial charge is 0.376 e. The van der Waals surface area contributed by atoms with Crippen LogP contribution in [0.4, 0.5) is 0 Å². The maximum absolute atomic E-state index is 5.65. The molecule has 1 aliphatic heterocycles. The van der Waals surface area contributed by atoms with Gasteiger partial charge in [-0.1, -0.05) is 31.2 Å². The van der Waals surface area contributed by atoms with E-state index in [1.165, 1.54) is 21.0 Å². The third-order valence-electron chi connectivity index (χ3n) is 5.07. The highest BCUT2D eigenvalue weighted by molar-refractivity contribution is 14.0. The molecule has 1 aromatic carbocycles. The first-order valence-corrected chi connectivity index (χ1v) is 11.9. The first kappa shape index (κ1) is 26.0. The predicted molar refractivity (Wildman–Crippen MR) is 141 cm³/mol. The zero-order chi connectivity index (χ0) is 21.2. The fourth-order valence-corrected chi connectivity index (χ4v) is 4.41. The number of thiazole rings is 1. The number of guanidine groups is 1. The van der Waals surface area contributed by atoms with Crippen LogP contribution in [0.15, 0.2) is 35.5 Å². The maximum Gasteiger partial charge on any atom is 0.191 e. The Hall–Kier alpha value is -1.23. The van der Waals surface area contributed by atoms with E-state index in [4.69, 9.17) is 9.73 Å². The Morgan fingerprint density at radius 1 is 1.29 bits per heavy atom. The Labute approximate surface area is 207 Å². The van der Waals surface area contributed by atoms with Crippen LogP contribution in [-0.2, 0) is 30.7 Å². The summed E-state index contributed by atoms with van der Waals surface area (Å²) in [5.74, 6) is 0.858. The lowest BCUT2D eigenvalue weighted by Gasteiger charge is -2.31. The number of nitrogens with one attached hydrogen (secondary N) is 2. The molecule has 1 unspecified atom stereocenters. The fraction of sp³-hybridized carbons (Fsp3) is 0.565. The lowest BCUT2D eigenvalue weighted by molar-refractivity contribution is -0.0212. The zero-order valence-electron chi connectivity index (χ0n) is 18.9. The highest BCUT2D eigenvalue weighted by Crippen LogP contribution is 2.14. The smallest absolute Gasteiger partial charge is 0.191 e. The quantitative estimate of drug-likeness (QED) is 0.279. The summed E-state index contributed by atoms with van der Waals surface area (Å²) >= 11 is 1.80. The maximum atomic E-state index is 5.65. The van der Waals surface area contributed by atoms with Crippen LogP contribution in [0, 0.1) is 0 Å². The van der Waals surface area contributed by atoms with Crippen molar-refractivity contribution in [3.63, 3.8) is 0 Å². The Balaban J connectivity index is 0.00000341. The van der Waals surface area contributed by atoms with E-state index in [0.29, 0.717) is 12.6 Å². The van der Waals surface area contributed by atoms with Gasteiger partial charge in [0.1, 0.15) is 0 Å². The van der Waals surface area contributed by atoms with Gasteiger partial charge < -0.3 is 15.4 Å². The third kappa shape index (κ3) is 9.03. The summed E-state index contributed by atoms with van der Waals surface area (Å²) in [6, 6.07) is 8.77. The summed E-state index contributed by atoms with van der Waals surface area (Å²) in [7, 11) is 0. The molecule has 1 atom stereocenters. The van der Waals surface area contributed by atoms with Gasteiger partial charge in [0.05, 0.1) is 24.3 Å². The van der Waals surface area contributed by atoms with Crippen molar-refractivity contribution in [2.75, 3.05) is 32.8 Å². The van der Waals surface area contributed by atoms with Crippen molar-refractivity contribution in [2.24, 2.45) is 4.99 Å². The molecule has 1 fully saturated rings. The van der Waals surface area contributed by atoms with E-state index in [2.05, 4.69) is 65.6 Å². The number of aromatic nitrogens is 1. The van der Waals surface area contributed by atoms with Crippen molar-refractivity contribution < 1.29 is 4.74 Å². The van der Waals surface area contributed by atoms with E-state index >= 15 is 0 Å². The van der Waals surface area contributed by atoms with E-state index < -0.39 is 0 Å². The molecule has 0 spiro atoms. The molecular weight excluding hydrogens is 521 g/mol. The average Bonchev–Trinajstić information content (AvgIpc) is 3.20. The summed E-state index contributed by atoms with van der Waals surface area (Å²) in [4.78, 5) is 13.1. The third-order valence-corrected chi connectivity index (χ3v) is 6.27. The summed E-state index contributed by atoms with van der Waals surface area (Å²) in [6.07, 6.45) is 4.28. The molecule has 31 heavy (non-hydrogen) atoms. The zero-order valence-corrected chi connectivity index (χ0v) is 22.0. The Bertz CT molecular complexity index is 813. The van der Waals surface area contributed by atoms with Crippen LogP contribution in [0.5, 0.6) is 0 Å². The van der Waals surface area contributed by atoms with E-state index in [9.17, 15) is 0 Å². The van der Waals surface area contributed by atoms with Crippen LogP contribution >= 0.6 is 35.3 Å². The van der Waals surface area contributed by atoms with Crippen LogP contribution in [-0.4, -0.2) is 54.7 Å². The van der Waals surface area contributed by atoms with Gasteiger partial charge in [-0.25, -0.2) is 9.98 Å². The van der Waals surface area contributed by atoms with Crippen LogP contribution in [0.1, 0.15) is 41.8 Å². The van der Waals surface area contributed by atoms with Gasteiger partial charge in [0.25, 0.3) is 0 Å². The van der Waals surface area contributed by atoms with E-state index in [1.54, 1.807) is 11.3 Å². The second-order valence-electron chi connectivity index (χ2n) is 7.68. The first-order valence-electron chi connectivity index (χ1n) is 11.0. The van der Waals surface area contributed by atoms with Gasteiger partial charge in [-0.05, 0) is 31.4 Å². The van der Waals surface area contributed by atoms with E-state index in [-0.39, 0.29) is 24.0 Å². The second kappa shape index (κ2) is 14.0. The summed E-state index contributed by atoms with van der Waals surface area (Å²) in [6.45, 7) is 12.5. The van der Waals surface area contributed by atoms with Crippen molar-refractivity contribution in [3.8, 4) is 0 Å².